The third kappa shape index (κ3) is 3.54. The van der Waals surface area contributed by atoms with Crippen LogP contribution in [0.5, 0.6) is 0 Å². The number of fused-ring (bicyclic) bond motifs is 1. The minimum atomic E-state index is -0.171. The smallest absolute Gasteiger partial charge is 0.270 e. The first kappa shape index (κ1) is 19.6. The number of aryl methyl sites for hydroxylation is 1. The van der Waals surface area contributed by atoms with Crippen LogP contribution in [0.25, 0.3) is 11.2 Å². The second-order valence-electron chi connectivity index (χ2n) is 8.56. The fraction of sp³-hybridized carbons (Fsp3) is 0.409. The number of carbonyl (C=O) groups excluding carboxylic acids is 1. The Morgan fingerprint density at radius 1 is 1.19 bits per heavy atom. The van der Waals surface area contributed by atoms with E-state index in [4.69, 9.17) is 0 Å². The lowest BCUT2D eigenvalue weighted by atomic mass is 9.72. The van der Waals surface area contributed by atoms with Gasteiger partial charge in [0.2, 0.25) is 0 Å². The summed E-state index contributed by atoms with van der Waals surface area (Å²) in [7, 11) is 1.60. The topological polar surface area (TPSA) is 107 Å². The molecular weight excluding hydrogens is 394 g/mol. The Bertz CT molecular complexity index is 1190. The zero-order valence-corrected chi connectivity index (χ0v) is 17.7. The number of amides is 1. The molecule has 31 heavy (non-hydrogen) atoms. The third-order valence-electron chi connectivity index (χ3n) is 6.16. The maximum Gasteiger partial charge on any atom is 0.270 e. The van der Waals surface area contributed by atoms with Crippen molar-refractivity contribution in [2.45, 2.75) is 19.9 Å². The second kappa shape index (κ2) is 7.42. The molecule has 1 spiro atoms. The predicted octanol–water partition coefficient (Wildman–Crippen LogP) is 0.957. The summed E-state index contributed by atoms with van der Waals surface area (Å²) in [6, 6.07) is 5.70. The van der Waals surface area contributed by atoms with Crippen LogP contribution in [0, 0.1) is 5.41 Å². The molecule has 0 radical (unpaired) electrons. The molecule has 0 atom stereocenters. The predicted molar refractivity (Wildman–Crippen MR) is 117 cm³/mol. The molecule has 0 bridgehead atoms. The highest BCUT2D eigenvalue weighted by molar-refractivity contribution is 5.92. The van der Waals surface area contributed by atoms with E-state index >= 15 is 0 Å². The molecule has 5 heterocycles. The molecule has 2 saturated heterocycles. The fourth-order valence-corrected chi connectivity index (χ4v) is 4.63. The van der Waals surface area contributed by atoms with Gasteiger partial charge in [-0.1, -0.05) is 6.92 Å². The highest BCUT2D eigenvalue weighted by Gasteiger charge is 2.51. The van der Waals surface area contributed by atoms with E-state index in [0.717, 1.165) is 44.0 Å². The van der Waals surface area contributed by atoms with E-state index < -0.39 is 0 Å². The number of pyridine rings is 2. The summed E-state index contributed by atoms with van der Waals surface area (Å²) in [5.41, 5.74) is 4.56. The van der Waals surface area contributed by atoms with E-state index in [2.05, 4.69) is 35.1 Å². The Balaban J connectivity index is 1.17. The van der Waals surface area contributed by atoms with Gasteiger partial charge in [-0.25, -0.2) is 15.0 Å². The number of nitrogens with zero attached hydrogens (tertiary/aromatic N) is 5. The molecule has 160 valence electrons. The molecule has 9 heteroatoms. The Labute approximate surface area is 179 Å². The zero-order chi connectivity index (χ0) is 21.6. The first-order valence-corrected chi connectivity index (χ1v) is 10.5. The van der Waals surface area contributed by atoms with Gasteiger partial charge >= 0.3 is 0 Å². The fourth-order valence-electron chi connectivity index (χ4n) is 4.63. The van der Waals surface area contributed by atoms with Gasteiger partial charge in [-0.3, -0.25) is 14.5 Å². The van der Waals surface area contributed by atoms with Crippen LogP contribution in [-0.2, 0) is 13.0 Å². The number of anilines is 1. The van der Waals surface area contributed by atoms with Gasteiger partial charge < -0.3 is 15.2 Å². The van der Waals surface area contributed by atoms with E-state index in [-0.39, 0.29) is 11.5 Å². The van der Waals surface area contributed by atoms with Gasteiger partial charge in [-0.2, -0.15) is 0 Å². The number of H-pyrrole nitrogens is 1. The zero-order valence-electron chi connectivity index (χ0n) is 17.7. The Hall–Kier alpha value is -3.33. The average molecular weight is 419 g/mol. The quantitative estimate of drug-likeness (QED) is 0.634. The summed E-state index contributed by atoms with van der Waals surface area (Å²) < 4.78 is 0. The van der Waals surface area contributed by atoms with E-state index in [1.165, 1.54) is 0 Å². The number of hydrogen-bond donors (Lipinski definition) is 2. The molecule has 0 aliphatic carbocycles. The number of aromatic nitrogens is 4. The van der Waals surface area contributed by atoms with Crippen molar-refractivity contribution >= 4 is 22.8 Å². The molecule has 0 saturated carbocycles. The molecule has 2 N–H and O–H groups in total. The Kier molecular flexibility index (Phi) is 4.70. The van der Waals surface area contributed by atoms with E-state index in [0.29, 0.717) is 34.4 Å². The minimum Gasteiger partial charge on any atom is -0.369 e. The Morgan fingerprint density at radius 2 is 2.00 bits per heavy atom. The number of likely N-dealkylation sites (tertiary alicyclic amines) is 1. The van der Waals surface area contributed by atoms with Crippen molar-refractivity contribution < 1.29 is 4.79 Å². The van der Waals surface area contributed by atoms with Crippen LogP contribution in [0.1, 0.15) is 28.7 Å². The number of aromatic amines is 1. The van der Waals surface area contributed by atoms with Crippen LogP contribution in [0.4, 0.5) is 5.69 Å². The van der Waals surface area contributed by atoms with E-state index in [1.54, 1.807) is 19.3 Å². The number of rotatable bonds is 5. The van der Waals surface area contributed by atoms with Gasteiger partial charge in [0.1, 0.15) is 11.4 Å². The molecular formula is C22H25N7O2. The summed E-state index contributed by atoms with van der Waals surface area (Å²) in [5, 5.41) is 2.59. The lowest BCUT2D eigenvalue weighted by Gasteiger charge is -2.61. The molecule has 2 fully saturated rings. The van der Waals surface area contributed by atoms with Crippen molar-refractivity contribution in [1.29, 1.82) is 0 Å². The molecule has 0 aromatic carbocycles. The summed E-state index contributed by atoms with van der Waals surface area (Å²) >= 11 is 0. The van der Waals surface area contributed by atoms with Gasteiger partial charge in [0, 0.05) is 51.4 Å². The molecule has 1 amide bonds. The maximum absolute atomic E-state index is 12.0. The number of carbonyl (C=O) groups is 1. The minimum absolute atomic E-state index is 0.135. The summed E-state index contributed by atoms with van der Waals surface area (Å²) in [4.78, 5) is 44.3. The van der Waals surface area contributed by atoms with Crippen LogP contribution in [-0.4, -0.2) is 64.0 Å². The maximum atomic E-state index is 12.0. The summed E-state index contributed by atoms with van der Waals surface area (Å²) in [5.74, 6) is -0.171. The normalized spacial score (nSPS) is 17.4. The lowest BCUT2D eigenvalue weighted by molar-refractivity contribution is -0.0273. The van der Waals surface area contributed by atoms with Crippen molar-refractivity contribution in [3.63, 3.8) is 0 Å². The van der Waals surface area contributed by atoms with Crippen molar-refractivity contribution in [1.82, 2.24) is 30.2 Å². The van der Waals surface area contributed by atoms with E-state index in [9.17, 15) is 9.59 Å². The Morgan fingerprint density at radius 3 is 2.68 bits per heavy atom. The van der Waals surface area contributed by atoms with E-state index in [1.807, 2.05) is 25.3 Å². The third-order valence-corrected chi connectivity index (χ3v) is 6.16. The molecule has 9 nitrogen and oxygen atoms in total. The van der Waals surface area contributed by atoms with Crippen molar-refractivity contribution in [3.8, 4) is 0 Å². The van der Waals surface area contributed by atoms with Gasteiger partial charge in [0.25, 0.3) is 11.5 Å². The average Bonchev–Trinajstić information content (AvgIpc) is 2.73. The molecule has 0 unspecified atom stereocenters. The van der Waals surface area contributed by atoms with Crippen LogP contribution in [0.15, 0.2) is 35.4 Å². The SMILES string of the molecule is CCc1nc2ncc(CN3CC4(C3)CN(c3ccc(C(=O)NC)nc3)C4)cc2[nH]c1=O. The number of nitrogens with one attached hydrogen (secondary N) is 2. The molecule has 2 aliphatic rings. The van der Waals surface area contributed by atoms with Crippen LogP contribution >= 0.6 is 0 Å². The first-order chi connectivity index (χ1) is 15.0. The monoisotopic (exact) mass is 419 g/mol. The van der Waals surface area contributed by atoms with Gasteiger partial charge in [-0.05, 0) is 30.2 Å². The van der Waals surface area contributed by atoms with Gasteiger partial charge in [0.15, 0.2) is 5.65 Å². The van der Waals surface area contributed by atoms with Crippen LogP contribution in [0.3, 0.4) is 0 Å². The molecule has 5 rings (SSSR count). The van der Waals surface area contributed by atoms with Gasteiger partial charge in [-0.15, -0.1) is 0 Å². The second-order valence-corrected chi connectivity index (χ2v) is 8.56. The van der Waals surface area contributed by atoms with Crippen molar-refractivity contribution in [3.05, 3.63) is 57.9 Å². The van der Waals surface area contributed by atoms with Crippen molar-refractivity contribution in [2.24, 2.45) is 5.41 Å². The number of hydrogen-bond acceptors (Lipinski definition) is 7. The summed E-state index contributed by atoms with van der Waals surface area (Å²) in [6.07, 6.45) is 4.22. The van der Waals surface area contributed by atoms with Crippen molar-refractivity contribution in [2.75, 3.05) is 38.1 Å². The standard InChI is InChI=1S/C22H25N7O2/c1-3-16-21(31)27-18-6-14(7-25-19(18)26-16)9-28-10-22(11-28)12-29(13-22)15-4-5-17(24-8-15)20(30)23-2/h4-8H,3,9-13H2,1-2H3,(H,23,30)(H,27,31). The van der Waals surface area contributed by atoms with Gasteiger partial charge in [0.05, 0.1) is 17.4 Å². The lowest BCUT2D eigenvalue weighted by Crippen LogP contribution is -2.71. The molecule has 3 aromatic rings. The first-order valence-electron chi connectivity index (χ1n) is 10.5. The summed E-state index contributed by atoms with van der Waals surface area (Å²) in [6.45, 7) is 6.79. The molecule has 2 aliphatic heterocycles. The highest BCUT2D eigenvalue weighted by Crippen LogP contribution is 2.42. The largest absolute Gasteiger partial charge is 0.369 e. The van der Waals surface area contributed by atoms with Crippen LogP contribution in [0.2, 0.25) is 0 Å². The van der Waals surface area contributed by atoms with Crippen LogP contribution < -0.4 is 15.8 Å². The highest BCUT2D eigenvalue weighted by atomic mass is 16.1. The molecule has 3 aromatic heterocycles.